The van der Waals surface area contributed by atoms with Crippen LogP contribution in [0.25, 0.3) is 6.08 Å². The minimum Gasteiger partial charge on any atom is -0.493 e. The van der Waals surface area contributed by atoms with Gasteiger partial charge in [0.05, 0.1) is 46.2 Å². The summed E-state index contributed by atoms with van der Waals surface area (Å²) in [5.74, 6) is 1.33. The highest BCUT2D eigenvalue weighted by molar-refractivity contribution is 14.1. The van der Waals surface area contributed by atoms with Crippen molar-refractivity contribution in [3.8, 4) is 17.2 Å². The normalized spacial score (nSPS) is 14.7. The van der Waals surface area contributed by atoms with E-state index in [9.17, 15) is 9.59 Å². The number of nitrogens with zero attached hydrogens (tertiary/aromatic N) is 2. The Bertz CT molecular complexity index is 1910. The number of fused-ring (bicyclic) bond motifs is 1. The van der Waals surface area contributed by atoms with Gasteiger partial charge in [-0.3, -0.25) is 9.36 Å². The summed E-state index contributed by atoms with van der Waals surface area (Å²) in [6, 6.07) is 18.5. The molecule has 1 aromatic heterocycles. The number of aromatic nitrogens is 1. The zero-order valence-corrected chi connectivity index (χ0v) is 29.0. The predicted molar refractivity (Wildman–Crippen MR) is 183 cm³/mol. The first kappa shape index (κ1) is 31.3. The van der Waals surface area contributed by atoms with Crippen molar-refractivity contribution in [1.29, 1.82) is 0 Å². The molecule has 43 heavy (non-hydrogen) atoms. The number of carbonyl (C=O) groups is 1. The average molecular weight is 822 g/mol. The van der Waals surface area contributed by atoms with Crippen molar-refractivity contribution >= 4 is 68.6 Å². The Morgan fingerprint density at radius 3 is 2.51 bits per heavy atom. The summed E-state index contributed by atoms with van der Waals surface area (Å²) >= 11 is 5.82. The van der Waals surface area contributed by atoms with E-state index in [4.69, 9.17) is 18.9 Å². The van der Waals surface area contributed by atoms with Crippen LogP contribution in [-0.4, -0.2) is 31.4 Å². The molecule has 1 aliphatic heterocycles. The van der Waals surface area contributed by atoms with Crippen LogP contribution in [0.4, 0.5) is 0 Å². The van der Waals surface area contributed by atoms with Gasteiger partial charge in [0, 0.05) is 3.57 Å². The molecule has 0 fully saturated rings. The third kappa shape index (κ3) is 6.68. The second-order valence-corrected chi connectivity index (χ2v) is 12.9. The lowest BCUT2D eigenvalue weighted by molar-refractivity contribution is -0.139. The molecule has 8 nitrogen and oxygen atoms in total. The maximum absolute atomic E-state index is 14.0. The second kappa shape index (κ2) is 13.6. The summed E-state index contributed by atoms with van der Waals surface area (Å²) in [6.45, 7) is 4.09. The van der Waals surface area contributed by atoms with E-state index in [0.29, 0.717) is 44.3 Å². The van der Waals surface area contributed by atoms with Crippen LogP contribution in [0.2, 0.25) is 0 Å². The van der Waals surface area contributed by atoms with Gasteiger partial charge in [0.25, 0.3) is 5.56 Å². The molecule has 0 unspecified atom stereocenters. The largest absolute Gasteiger partial charge is 0.493 e. The number of esters is 1. The van der Waals surface area contributed by atoms with Crippen molar-refractivity contribution in [2.45, 2.75) is 26.5 Å². The zero-order valence-electron chi connectivity index (χ0n) is 23.9. The van der Waals surface area contributed by atoms with Gasteiger partial charge in [0.1, 0.15) is 12.4 Å². The minimum absolute atomic E-state index is 0.196. The summed E-state index contributed by atoms with van der Waals surface area (Å²) < 4.78 is 26.6. The highest BCUT2D eigenvalue weighted by Gasteiger charge is 2.34. The van der Waals surface area contributed by atoms with Crippen LogP contribution >= 0.6 is 56.5 Å². The van der Waals surface area contributed by atoms with Gasteiger partial charge in [-0.1, -0.05) is 35.6 Å². The lowest BCUT2D eigenvalue weighted by Gasteiger charge is -2.25. The van der Waals surface area contributed by atoms with Crippen LogP contribution in [0.1, 0.15) is 36.6 Å². The minimum atomic E-state index is -0.756. The van der Waals surface area contributed by atoms with Crippen LogP contribution in [0, 0.1) is 7.14 Å². The fourth-order valence-electron chi connectivity index (χ4n) is 4.81. The molecule has 0 spiro atoms. The van der Waals surface area contributed by atoms with E-state index in [0.717, 1.165) is 24.0 Å². The molecule has 0 N–H and O–H groups in total. The molecule has 222 valence electrons. The highest BCUT2D eigenvalue weighted by Crippen LogP contribution is 2.36. The third-order valence-electron chi connectivity index (χ3n) is 6.78. The lowest BCUT2D eigenvalue weighted by Crippen LogP contribution is -2.40. The number of ether oxygens (including phenoxy) is 4. The Morgan fingerprint density at radius 2 is 1.79 bits per heavy atom. The van der Waals surface area contributed by atoms with Crippen LogP contribution in [0.5, 0.6) is 17.2 Å². The topological polar surface area (TPSA) is 88.4 Å². The quantitative estimate of drug-likeness (QED) is 0.162. The number of methoxy groups -OCH3 is 2. The van der Waals surface area contributed by atoms with Gasteiger partial charge < -0.3 is 18.9 Å². The molecule has 0 saturated carbocycles. The summed E-state index contributed by atoms with van der Waals surface area (Å²) in [7, 11) is 3.10. The molecule has 1 aliphatic rings. The maximum atomic E-state index is 14.0. The van der Waals surface area contributed by atoms with E-state index < -0.39 is 12.0 Å². The molecule has 0 bridgehead atoms. The van der Waals surface area contributed by atoms with E-state index in [2.05, 4.69) is 56.2 Å². The van der Waals surface area contributed by atoms with E-state index in [1.165, 1.54) is 11.3 Å². The fraction of sp³-hybridized carbons (Fsp3) is 0.219. The number of rotatable bonds is 9. The highest BCUT2D eigenvalue weighted by atomic mass is 127. The van der Waals surface area contributed by atoms with Crippen LogP contribution < -0.4 is 29.1 Å². The molecule has 0 amide bonds. The standard InChI is InChI=1S/C32H28I2N2O6S/c1-5-41-31(38)28-18(2)35-32-36(29(28)21-9-11-25(39-3)26(15-21)40-4)30(37)27(43-32)14-19-7-6-8-20(13-19)17-42-24-12-10-22(33)16-23(24)34/h6-16,29H,5,17H2,1-4H3/b27-14-/t29-/m1/s1. The summed E-state index contributed by atoms with van der Waals surface area (Å²) in [5.41, 5.74) is 3.04. The Morgan fingerprint density at radius 1 is 1.02 bits per heavy atom. The van der Waals surface area contributed by atoms with Crippen LogP contribution in [-0.2, 0) is 16.1 Å². The van der Waals surface area contributed by atoms with Gasteiger partial charge in [-0.25, -0.2) is 9.79 Å². The van der Waals surface area contributed by atoms with Crippen molar-refractivity contribution in [1.82, 2.24) is 4.57 Å². The van der Waals surface area contributed by atoms with Gasteiger partial charge in [-0.2, -0.15) is 0 Å². The number of halogens is 2. The van der Waals surface area contributed by atoms with Gasteiger partial charge in [-0.05, 0) is 118 Å². The average Bonchev–Trinajstić information content (AvgIpc) is 3.29. The van der Waals surface area contributed by atoms with Gasteiger partial charge in [0.15, 0.2) is 16.3 Å². The smallest absolute Gasteiger partial charge is 0.338 e. The molecular formula is C32H28I2N2O6S. The van der Waals surface area contributed by atoms with E-state index in [-0.39, 0.29) is 12.2 Å². The van der Waals surface area contributed by atoms with E-state index in [1.807, 2.05) is 48.5 Å². The molecule has 5 rings (SSSR count). The number of thiazole rings is 1. The van der Waals surface area contributed by atoms with Crippen molar-refractivity contribution in [2.24, 2.45) is 4.99 Å². The van der Waals surface area contributed by atoms with Crippen molar-refractivity contribution in [3.05, 3.63) is 115 Å². The first-order valence-electron chi connectivity index (χ1n) is 13.3. The molecule has 3 aromatic carbocycles. The molecule has 0 aliphatic carbocycles. The fourth-order valence-corrected chi connectivity index (χ4v) is 7.61. The Kier molecular flexibility index (Phi) is 9.92. The predicted octanol–water partition coefficient (Wildman–Crippen LogP) is 5.60. The number of benzene rings is 3. The summed E-state index contributed by atoms with van der Waals surface area (Å²) in [4.78, 5) is 32.4. The zero-order chi connectivity index (χ0) is 30.7. The van der Waals surface area contributed by atoms with Gasteiger partial charge in [0.2, 0.25) is 0 Å². The molecule has 0 saturated heterocycles. The molecular weight excluding hydrogens is 794 g/mol. The molecule has 4 aromatic rings. The third-order valence-corrected chi connectivity index (χ3v) is 9.27. The lowest BCUT2D eigenvalue weighted by atomic mass is 9.95. The molecule has 11 heteroatoms. The van der Waals surface area contributed by atoms with Crippen LogP contribution in [0.15, 0.2) is 81.7 Å². The van der Waals surface area contributed by atoms with Gasteiger partial charge >= 0.3 is 5.97 Å². The molecule has 2 heterocycles. The number of carbonyl (C=O) groups excluding carboxylic acids is 1. The Balaban J connectivity index is 1.56. The molecule has 1 atom stereocenters. The first-order chi connectivity index (χ1) is 20.7. The SMILES string of the molecule is CCOC(=O)C1=C(C)N=c2s/c(=C\c3cccc(COc4ccc(I)cc4I)c3)c(=O)n2[C@@H]1c1ccc(OC)c(OC)c1. The van der Waals surface area contributed by atoms with Gasteiger partial charge in [-0.15, -0.1) is 0 Å². The Labute approximate surface area is 279 Å². The Hall–Kier alpha value is -3.17. The number of hydrogen-bond donors (Lipinski definition) is 0. The van der Waals surface area contributed by atoms with Crippen molar-refractivity contribution in [2.75, 3.05) is 20.8 Å². The number of allylic oxidation sites excluding steroid dienone is 1. The van der Waals surface area contributed by atoms with Crippen molar-refractivity contribution in [3.63, 3.8) is 0 Å². The maximum Gasteiger partial charge on any atom is 0.338 e. The van der Waals surface area contributed by atoms with E-state index in [1.54, 1.807) is 44.8 Å². The molecule has 0 radical (unpaired) electrons. The summed E-state index contributed by atoms with van der Waals surface area (Å²) in [6.07, 6.45) is 1.84. The van der Waals surface area contributed by atoms with Crippen LogP contribution in [0.3, 0.4) is 0 Å². The van der Waals surface area contributed by atoms with E-state index >= 15 is 0 Å². The number of hydrogen-bond acceptors (Lipinski definition) is 8. The monoisotopic (exact) mass is 822 g/mol. The first-order valence-corrected chi connectivity index (χ1v) is 16.3. The summed E-state index contributed by atoms with van der Waals surface area (Å²) in [5, 5.41) is 0. The second-order valence-electron chi connectivity index (χ2n) is 9.53. The van der Waals surface area contributed by atoms with Crippen molar-refractivity contribution < 1.29 is 23.7 Å².